The number of rotatable bonds is 5. The van der Waals surface area contributed by atoms with Gasteiger partial charge in [0.2, 0.25) is 0 Å². The lowest BCUT2D eigenvalue weighted by molar-refractivity contribution is -0.0817. The summed E-state index contributed by atoms with van der Waals surface area (Å²) in [6.07, 6.45) is 6.44. The Morgan fingerprint density at radius 2 is 2.10 bits per heavy atom. The third-order valence-corrected chi connectivity index (χ3v) is 5.70. The van der Waals surface area contributed by atoms with Gasteiger partial charge in [-0.1, -0.05) is 24.3 Å². The second-order valence-corrected chi connectivity index (χ2v) is 7.73. The van der Waals surface area contributed by atoms with Crippen molar-refractivity contribution < 1.29 is 9.47 Å². The van der Waals surface area contributed by atoms with Gasteiger partial charge in [-0.25, -0.2) is 4.98 Å². The van der Waals surface area contributed by atoms with E-state index in [0.717, 1.165) is 57.4 Å². The summed E-state index contributed by atoms with van der Waals surface area (Å²) >= 11 is 0. The monoisotopic (exact) mass is 397 g/mol. The molecule has 2 aliphatic rings. The minimum atomic E-state index is 0.131. The molecular formula is C22H31N5O2. The number of morpholine rings is 1. The molecule has 4 rings (SSSR count). The highest BCUT2D eigenvalue weighted by atomic mass is 16.5. The van der Waals surface area contributed by atoms with E-state index in [1.54, 1.807) is 0 Å². The number of hydrogen-bond acceptors (Lipinski definition) is 4. The van der Waals surface area contributed by atoms with Gasteiger partial charge in [0.05, 0.1) is 12.7 Å². The largest absolute Gasteiger partial charge is 0.375 e. The van der Waals surface area contributed by atoms with Crippen LogP contribution in [0.2, 0.25) is 0 Å². The second-order valence-electron chi connectivity index (χ2n) is 7.73. The summed E-state index contributed by atoms with van der Waals surface area (Å²) in [6.45, 7) is 6.85. The smallest absolute Gasteiger partial charge is 0.194 e. The number of ether oxygens (including phenoxy) is 2. The van der Waals surface area contributed by atoms with E-state index in [1.807, 2.05) is 26.4 Å². The van der Waals surface area contributed by atoms with Gasteiger partial charge in [-0.2, -0.15) is 0 Å². The maximum Gasteiger partial charge on any atom is 0.194 e. The zero-order chi connectivity index (χ0) is 20.1. The van der Waals surface area contributed by atoms with Gasteiger partial charge in [-0.3, -0.25) is 4.99 Å². The number of aromatic nitrogens is 2. The molecule has 3 heterocycles. The van der Waals surface area contributed by atoms with Crippen molar-refractivity contribution in [1.29, 1.82) is 0 Å². The van der Waals surface area contributed by atoms with E-state index in [0.29, 0.717) is 6.61 Å². The van der Waals surface area contributed by atoms with Crippen LogP contribution >= 0.6 is 0 Å². The van der Waals surface area contributed by atoms with Crippen LogP contribution < -0.4 is 5.32 Å². The van der Waals surface area contributed by atoms with Gasteiger partial charge in [0.15, 0.2) is 5.96 Å². The van der Waals surface area contributed by atoms with Gasteiger partial charge in [0.25, 0.3) is 0 Å². The Hall–Kier alpha value is -2.38. The van der Waals surface area contributed by atoms with Crippen molar-refractivity contribution in [1.82, 2.24) is 19.8 Å². The molecule has 1 aromatic carbocycles. The van der Waals surface area contributed by atoms with Crippen molar-refractivity contribution >= 4 is 5.96 Å². The first-order valence-electron chi connectivity index (χ1n) is 10.5. The Bertz CT molecular complexity index is 828. The number of aliphatic imine (C=N–C) groups is 1. The molecule has 0 spiro atoms. The van der Waals surface area contributed by atoms with Crippen LogP contribution in [0.15, 0.2) is 41.7 Å². The summed E-state index contributed by atoms with van der Waals surface area (Å²) in [5, 5.41) is 3.52. The molecule has 2 atom stereocenters. The van der Waals surface area contributed by atoms with Crippen LogP contribution in [0.4, 0.5) is 0 Å². The number of imidazole rings is 1. The molecule has 0 radical (unpaired) electrons. The Balaban J connectivity index is 1.34. The summed E-state index contributed by atoms with van der Waals surface area (Å²) in [6, 6.07) is 8.67. The Morgan fingerprint density at radius 1 is 1.24 bits per heavy atom. The minimum absolute atomic E-state index is 0.131. The topological polar surface area (TPSA) is 63.9 Å². The number of guanidine groups is 1. The molecule has 2 unspecified atom stereocenters. The molecule has 7 heteroatoms. The zero-order valence-electron chi connectivity index (χ0n) is 17.4. The van der Waals surface area contributed by atoms with Gasteiger partial charge in [-0.15, -0.1) is 0 Å². The highest BCUT2D eigenvalue weighted by Crippen LogP contribution is 2.21. The molecule has 0 saturated carbocycles. The van der Waals surface area contributed by atoms with Crippen LogP contribution in [0.25, 0.3) is 0 Å². The summed E-state index contributed by atoms with van der Waals surface area (Å²) in [5.41, 5.74) is 2.51. The second kappa shape index (κ2) is 9.41. The van der Waals surface area contributed by atoms with E-state index in [-0.39, 0.29) is 12.2 Å². The van der Waals surface area contributed by atoms with E-state index >= 15 is 0 Å². The Kier molecular flexibility index (Phi) is 6.46. The third kappa shape index (κ3) is 4.97. The number of hydrogen-bond donors (Lipinski definition) is 1. The minimum Gasteiger partial charge on any atom is -0.375 e. The molecule has 0 bridgehead atoms. The van der Waals surface area contributed by atoms with Crippen LogP contribution in [0.3, 0.4) is 0 Å². The number of aryl methyl sites for hydroxylation is 1. The molecule has 29 heavy (non-hydrogen) atoms. The van der Waals surface area contributed by atoms with Crippen molar-refractivity contribution in [2.75, 3.05) is 33.4 Å². The first-order chi connectivity index (χ1) is 14.2. The fraction of sp³-hybridized carbons (Fsp3) is 0.545. The van der Waals surface area contributed by atoms with Crippen molar-refractivity contribution in [2.45, 2.75) is 45.1 Å². The van der Waals surface area contributed by atoms with E-state index in [2.05, 4.69) is 49.0 Å². The molecule has 7 nitrogen and oxygen atoms in total. The van der Waals surface area contributed by atoms with Crippen LogP contribution in [0.1, 0.15) is 29.8 Å². The van der Waals surface area contributed by atoms with E-state index in [9.17, 15) is 0 Å². The lowest BCUT2D eigenvalue weighted by Gasteiger charge is -2.37. The van der Waals surface area contributed by atoms with E-state index in [4.69, 9.17) is 9.47 Å². The molecule has 1 aromatic heterocycles. The predicted octanol–water partition coefficient (Wildman–Crippen LogP) is 2.20. The highest BCUT2D eigenvalue weighted by Gasteiger charge is 2.32. The maximum atomic E-state index is 5.97. The standard InChI is InChI=1S/C22H31N5O2/c1-17-24-8-9-26(17)15-19-6-3-5-18(13-19)14-25-22(23-2)27-10-12-29-21(16-27)20-7-4-11-28-20/h3,5-6,8-9,13,20-21H,4,7,10-12,14-16H2,1-2H3,(H,23,25). The number of nitrogens with one attached hydrogen (secondary N) is 1. The zero-order valence-corrected chi connectivity index (χ0v) is 17.4. The molecular weight excluding hydrogens is 366 g/mol. The first kappa shape index (κ1) is 19.9. The van der Waals surface area contributed by atoms with Gasteiger partial charge in [0, 0.05) is 52.2 Å². The highest BCUT2D eigenvalue weighted by molar-refractivity contribution is 5.80. The van der Waals surface area contributed by atoms with Gasteiger partial charge in [-0.05, 0) is 30.9 Å². The van der Waals surface area contributed by atoms with E-state index < -0.39 is 0 Å². The van der Waals surface area contributed by atoms with Crippen LogP contribution in [0.5, 0.6) is 0 Å². The molecule has 156 valence electrons. The molecule has 2 aliphatic heterocycles. The average Bonchev–Trinajstić information content (AvgIpc) is 3.42. The van der Waals surface area contributed by atoms with E-state index in [1.165, 1.54) is 11.1 Å². The molecule has 0 amide bonds. The summed E-state index contributed by atoms with van der Waals surface area (Å²) < 4.78 is 14.0. The van der Waals surface area contributed by atoms with Crippen LogP contribution in [-0.4, -0.2) is 66.0 Å². The van der Waals surface area contributed by atoms with Gasteiger partial charge < -0.3 is 24.3 Å². The quantitative estimate of drug-likeness (QED) is 0.619. The summed E-state index contributed by atoms with van der Waals surface area (Å²) in [7, 11) is 1.84. The maximum absolute atomic E-state index is 5.97. The average molecular weight is 398 g/mol. The SMILES string of the molecule is CN=C(NCc1cccc(Cn2ccnc2C)c1)N1CCOC(C2CCCO2)C1. The van der Waals surface area contributed by atoms with Crippen molar-refractivity contribution in [3.8, 4) is 0 Å². The van der Waals surface area contributed by atoms with Gasteiger partial charge >= 0.3 is 0 Å². The number of nitrogens with zero attached hydrogens (tertiary/aromatic N) is 4. The Labute approximate surface area is 172 Å². The lowest BCUT2D eigenvalue weighted by atomic mass is 10.1. The van der Waals surface area contributed by atoms with Gasteiger partial charge in [0.1, 0.15) is 11.9 Å². The lowest BCUT2D eigenvalue weighted by Crippen LogP contribution is -2.53. The third-order valence-electron chi connectivity index (χ3n) is 5.70. The van der Waals surface area contributed by atoms with Crippen molar-refractivity contribution in [2.24, 2.45) is 4.99 Å². The molecule has 2 aromatic rings. The normalized spacial score (nSPS) is 22.8. The van der Waals surface area contributed by atoms with Crippen molar-refractivity contribution in [3.63, 3.8) is 0 Å². The molecule has 0 aliphatic carbocycles. The Morgan fingerprint density at radius 3 is 2.86 bits per heavy atom. The molecule has 2 fully saturated rings. The van der Waals surface area contributed by atoms with Crippen LogP contribution in [-0.2, 0) is 22.6 Å². The molecule has 2 saturated heterocycles. The summed E-state index contributed by atoms with van der Waals surface area (Å²) in [5.74, 6) is 1.95. The molecule has 1 N–H and O–H groups in total. The first-order valence-corrected chi connectivity index (χ1v) is 10.5. The summed E-state index contributed by atoms with van der Waals surface area (Å²) in [4.78, 5) is 11.1. The fourth-order valence-electron chi connectivity index (χ4n) is 4.11. The number of benzene rings is 1. The van der Waals surface area contributed by atoms with Crippen molar-refractivity contribution in [3.05, 3.63) is 53.6 Å². The van der Waals surface area contributed by atoms with Crippen LogP contribution in [0, 0.1) is 6.92 Å². The fourth-order valence-corrected chi connectivity index (χ4v) is 4.11. The predicted molar refractivity (Wildman–Crippen MR) is 113 cm³/mol.